The van der Waals surface area contributed by atoms with Gasteiger partial charge in [-0.25, -0.2) is 13.4 Å². The molecule has 0 aliphatic carbocycles. The van der Waals surface area contributed by atoms with Gasteiger partial charge in [0.25, 0.3) is 0 Å². The molecule has 0 fully saturated rings. The zero-order chi connectivity index (χ0) is 12.6. The van der Waals surface area contributed by atoms with Crippen molar-refractivity contribution in [2.45, 2.75) is 11.3 Å². The monoisotopic (exact) mass is 253 g/mol. The second-order valence-corrected chi connectivity index (χ2v) is 6.06. The maximum absolute atomic E-state index is 11.4. The van der Waals surface area contributed by atoms with Crippen LogP contribution in [-0.2, 0) is 23.3 Å². The lowest BCUT2D eigenvalue weighted by Gasteiger charge is -2.00. The van der Waals surface area contributed by atoms with Gasteiger partial charge in [-0.15, -0.1) is 0 Å². The molecule has 0 saturated carbocycles. The summed E-state index contributed by atoms with van der Waals surface area (Å²) in [5, 5.41) is 0. The molecule has 1 aromatic carbocycles. The van der Waals surface area contributed by atoms with Crippen LogP contribution in [0.4, 0.5) is 0 Å². The van der Waals surface area contributed by atoms with Crippen molar-refractivity contribution < 1.29 is 8.42 Å². The molecule has 0 unspecified atom stereocenters. The molecular weight excluding hydrogens is 238 g/mol. The largest absolute Gasteiger partial charge is 0.331 e. The molecule has 0 atom stereocenters. The molecular formula is C11H15N3O2S. The molecule has 0 bridgehead atoms. The summed E-state index contributed by atoms with van der Waals surface area (Å²) in [4.78, 5) is 4.69. The van der Waals surface area contributed by atoms with Crippen LogP contribution < -0.4 is 5.73 Å². The summed E-state index contributed by atoms with van der Waals surface area (Å²) in [6.07, 6.45) is 1.87. The van der Waals surface area contributed by atoms with E-state index in [1.165, 1.54) is 6.26 Å². The molecule has 92 valence electrons. The van der Waals surface area contributed by atoms with E-state index in [1.807, 2.05) is 11.6 Å². The maximum atomic E-state index is 11.4. The van der Waals surface area contributed by atoms with E-state index >= 15 is 0 Å². The molecule has 17 heavy (non-hydrogen) atoms. The summed E-state index contributed by atoms with van der Waals surface area (Å²) in [5.74, 6) is 0.869. The van der Waals surface area contributed by atoms with Gasteiger partial charge in [0.05, 0.1) is 15.9 Å². The smallest absolute Gasteiger partial charge is 0.175 e. The van der Waals surface area contributed by atoms with Gasteiger partial charge in [-0.2, -0.15) is 0 Å². The van der Waals surface area contributed by atoms with Crippen molar-refractivity contribution in [1.82, 2.24) is 9.55 Å². The van der Waals surface area contributed by atoms with Gasteiger partial charge in [-0.3, -0.25) is 0 Å². The predicted molar refractivity (Wildman–Crippen MR) is 66.6 cm³/mol. The number of imidazole rings is 1. The first-order chi connectivity index (χ1) is 7.93. The van der Waals surface area contributed by atoms with Gasteiger partial charge in [0.2, 0.25) is 0 Å². The standard InChI is InChI=1S/C11H15N3O2S/c1-14-10-4-3-8(17(2,15)16)7-9(10)13-11(14)5-6-12/h3-4,7H,5-6,12H2,1-2H3. The highest BCUT2D eigenvalue weighted by molar-refractivity contribution is 7.90. The number of rotatable bonds is 3. The lowest BCUT2D eigenvalue weighted by atomic mass is 10.3. The molecule has 5 nitrogen and oxygen atoms in total. The first kappa shape index (κ1) is 12.1. The number of fused-ring (bicyclic) bond motifs is 1. The van der Waals surface area contributed by atoms with Crippen molar-refractivity contribution in [1.29, 1.82) is 0 Å². The minimum atomic E-state index is -3.18. The van der Waals surface area contributed by atoms with Crippen molar-refractivity contribution >= 4 is 20.9 Å². The third-order valence-corrected chi connectivity index (χ3v) is 3.85. The Morgan fingerprint density at radius 2 is 2.12 bits per heavy atom. The number of aryl methyl sites for hydroxylation is 1. The first-order valence-corrected chi connectivity index (χ1v) is 7.18. The highest BCUT2D eigenvalue weighted by Gasteiger charge is 2.12. The molecule has 6 heteroatoms. The lowest BCUT2D eigenvalue weighted by Crippen LogP contribution is -2.07. The summed E-state index contributed by atoms with van der Waals surface area (Å²) < 4.78 is 24.8. The Balaban J connectivity index is 2.63. The molecule has 0 spiro atoms. The molecule has 0 aliphatic rings. The van der Waals surface area contributed by atoms with Crippen LogP contribution in [-0.4, -0.2) is 30.8 Å². The Morgan fingerprint density at radius 1 is 1.41 bits per heavy atom. The van der Waals surface area contributed by atoms with E-state index in [2.05, 4.69) is 4.98 Å². The number of nitrogens with zero attached hydrogens (tertiary/aromatic N) is 2. The van der Waals surface area contributed by atoms with Crippen LogP contribution in [0.25, 0.3) is 11.0 Å². The van der Waals surface area contributed by atoms with Crippen molar-refractivity contribution in [3.63, 3.8) is 0 Å². The van der Waals surface area contributed by atoms with E-state index in [9.17, 15) is 8.42 Å². The average Bonchev–Trinajstić information content (AvgIpc) is 2.55. The van der Waals surface area contributed by atoms with Crippen LogP contribution in [0.1, 0.15) is 5.82 Å². The van der Waals surface area contributed by atoms with Gasteiger partial charge < -0.3 is 10.3 Å². The van der Waals surface area contributed by atoms with Crippen molar-refractivity contribution in [3.8, 4) is 0 Å². The van der Waals surface area contributed by atoms with Gasteiger partial charge >= 0.3 is 0 Å². The molecule has 2 aromatic rings. The fourth-order valence-corrected chi connectivity index (χ4v) is 2.45. The van der Waals surface area contributed by atoms with Crippen molar-refractivity contribution in [2.75, 3.05) is 12.8 Å². The van der Waals surface area contributed by atoms with Crippen molar-refractivity contribution in [3.05, 3.63) is 24.0 Å². The molecule has 1 aromatic heterocycles. The third kappa shape index (κ3) is 2.18. The van der Waals surface area contributed by atoms with Crippen LogP contribution in [0.5, 0.6) is 0 Å². The molecule has 2 rings (SSSR count). The first-order valence-electron chi connectivity index (χ1n) is 5.29. The number of aromatic nitrogens is 2. The van der Waals surface area contributed by atoms with Crippen LogP contribution in [0.15, 0.2) is 23.1 Å². The predicted octanol–water partition coefficient (Wildman–Crippen LogP) is 0.478. The lowest BCUT2D eigenvalue weighted by molar-refractivity contribution is 0.602. The Labute approximate surface area is 100 Å². The number of hydrogen-bond donors (Lipinski definition) is 1. The zero-order valence-electron chi connectivity index (χ0n) is 9.84. The molecule has 2 N–H and O–H groups in total. The van der Waals surface area contributed by atoms with E-state index in [0.29, 0.717) is 23.4 Å². The van der Waals surface area contributed by atoms with Crippen LogP contribution in [0.2, 0.25) is 0 Å². The van der Waals surface area contributed by atoms with E-state index in [-0.39, 0.29) is 0 Å². The fraction of sp³-hybridized carbons (Fsp3) is 0.364. The molecule has 0 saturated heterocycles. The quantitative estimate of drug-likeness (QED) is 0.863. The van der Waals surface area contributed by atoms with E-state index < -0.39 is 9.84 Å². The zero-order valence-corrected chi connectivity index (χ0v) is 10.7. The van der Waals surface area contributed by atoms with Crippen molar-refractivity contribution in [2.24, 2.45) is 12.8 Å². The summed E-state index contributed by atoms with van der Waals surface area (Å²) in [7, 11) is -1.28. The van der Waals surface area contributed by atoms with Crippen LogP contribution in [0, 0.1) is 0 Å². The summed E-state index contributed by atoms with van der Waals surface area (Å²) in [6.45, 7) is 0.524. The Bertz CT molecular complexity index is 659. The topological polar surface area (TPSA) is 78.0 Å². The third-order valence-electron chi connectivity index (χ3n) is 2.74. The van der Waals surface area contributed by atoms with E-state index in [1.54, 1.807) is 18.2 Å². The normalized spacial score (nSPS) is 12.2. The Kier molecular flexibility index (Phi) is 2.92. The number of hydrogen-bond acceptors (Lipinski definition) is 4. The number of nitrogens with two attached hydrogens (primary N) is 1. The van der Waals surface area contributed by atoms with Gasteiger partial charge in [-0.05, 0) is 24.7 Å². The van der Waals surface area contributed by atoms with E-state index in [4.69, 9.17) is 5.73 Å². The SMILES string of the molecule is Cn1c(CCN)nc2cc(S(C)(=O)=O)ccc21. The second-order valence-electron chi connectivity index (χ2n) is 4.05. The van der Waals surface area contributed by atoms with E-state index in [0.717, 1.165) is 11.3 Å². The van der Waals surface area contributed by atoms with Crippen LogP contribution >= 0.6 is 0 Å². The number of benzene rings is 1. The molecule has 0 amide bonds. The minimum Gasteiger partial charge on any atom is -0.331 e. The highest BCUT2D eigenvalue weighted by atomic mass is 32.2. The maximum Gasteiger partial charge on any atom is 0.175 e. The summed E-state index contributed by atoms with van der Waals surface area (Å²) >= 11 is 0. The van der Waals surface area contributed by atoms with Crippen LogP contribution in [0.3, 0.4) is 0 Å². The minimum absolute atomic E-state index is 0.294. The number of sulfone groups is 1. The summed E-state index contributed by atoms with van der Waals surface area (Å²) in [5.41, 5.74) is 7.11. The van der Waals surface area contributed by atoms with Gasteiger partial charge in [0, 0.05) is 19.7 Å². The fourth-order valence-electron chi connectivity index (χ4n) is 1.81. The Hall–Kier alpha value is -1.40. The average molecular weight is 253 g/mol. The second kappa shape index (κ2) is 4.12. The molecule has 0 radical (unpaired) electrons. The van der Waals surface area contributed by atoms with Gasteiger partial charge in [0.15, 0.2) is 9.84 Å². The summed E-state index contributed by atoms with van der Waals surface area (Å²) in [6, 6.07) is 4.98. The molecule has 0 aliphatic heterocycles. The Morgan fingerprint density at radius 3 is 2.71 bits per heavy atom. The molecule has 1 heterocycles. The highest BCUT2D eigenvalue weighted by Crippen LogP contribution is 2.19. The van der Waals surface area contributed by atoms with Gasteiger partial charge in [-0.1, -0.05) is 0 Å². The van der Waals surface area contributed by atoms with Gasteiger partial charge in [0.1, 0.15) is 5.82 Å².